The van der Waals surface area contributed by atoms with Gasteiger partial charge in [-0.05, 0) is 17.5 Å². The van der Waals surface area contributed by atoms with Crippen molar-refractivity contribution in [1.29, 1.82) is 0 Å². The fourth-order valence-corrected chi connectivity index (χ4v) is 3.82. The average Bonchev–Trinajstić information content (AvgIpc) is 3.30. The van der Waals surface area contributed by atoms with E-state index in [1.54, 1.807) is 4.90 Å². The molecule has 2 saturated heterocycles. The van der Waals surface area contributed by atoms with Crippen molar-refractivity contribution in [3.8, 4) is 0 Å². The van der Waals surface area contributed by atoms with Gasteiger partial charge in [0.05, 0.1) is 12.0 Å². The summed E-state index contributed by atoms with van der Waals surface area (Å²) in [6.07, 6.45) is -0.0370. The quantitative estimate of drug-likeness (QED) is 0.836. The third-order valence-electron chi connectivity index (χ3n) is 5.14. The van der Waals surface area contributed by atoms with Crippen molar-refractivity contribution < 1.29 is 19.1 Å². The van der Waals surface area contributed by atoms with E-state index in [4.69, 9.17) is 4.74 Å². The average molecular weight is 364 g/mol. The highest BCUT2D eigenvalue weighted by molar-refractivity contribution is 5.98. The predicted molar refractivity (Wildman–Crippen MR) is 97.9 cm³/mol. The van der Waals surface area contributed by atoms with E-state index in [0.717, 1.165) is 16.0 Å². The Kier molecular flexibility index (Phi) is 4.62. The first-order valence-corrected chi connectivity index (χ1v) is 9.02. The molecule has 2 aliphatic heterocycles. The molecule has 138 valence electrons. The Balaban J connectivity index is 1.58. The molecule has 0 bridgehead atoms. The van der Waals surface area contributed by atoms with Crippen LogP contribution in [0, 0.1) is 0 Å². The lowest BCUT2D eigenvalue weighted by molar-refractivity contribution is -0.132. The number of imide groups is 1. The fraction of sp³-hybridized carbons (Fsp3) is 0.286. The predicted octanol–water partition coefficient (Wildman–Crippen LogP) is 2.40. The summed E-state index contributed by atoms with van der Waals surface area (Å²) in [6, 6.07) is 19.0. The van der Waals surface area contributed by atoms with Gasteiger partial charge in [-0.2, -0.15) is 0 Å². The lowest BCUT2D eigenvalue weighted by Gasteiger charge is -2.25. The molecule has 1 atom stereocenters. The van der Waals surface area contributed by atoms with E-state index < -0.39 is 12.0 Å². The maximum Gasteiger partial charge on any atom is 0.417 e. The van der Waals surface area contributed by atoms with Crippen molar-refractivity contribution in [3.63, 3.8) is 0 Å². The number of rotatable bonds is 4. The molecule has 6 nitrogen and oxygen atoms in total. The van der Waals surface area contributed by atoms with Crippen LogP contribution in [0.4, 0.5) is 4.79 Å². The monoisotopic (exact) mass is 364 g/mol. The van der Waals surface area contributed by atoms with Gasteiger partial charge in [-0.1, -0.05) is 60.7 Å². The third-order valence-corrected chi connectivity index (χ3v) is 5.14. The molecule has 2 aromatic carbocycles. The second-order valence-electron chi connectivity index (χ2n) is 6.80. The summed E-state index contributed by atoms with van der Waals surface area (Å²) in [6.45, 7) is 0.645. The number of hydrogen-bond donors (Lipinski definition) is 0. The highest BCUT2D eigenvalue weighted by atomic mass is 16.6. The highest BCUT2D eigenvalue weighted by Gasteiger charge is 2.42. The summed E-state index contributed by atoms with van der Waals surface area (Å²) in [5.74, 6) is -0.760. The van der Waals surface area contributed by atoms with Crippen LogP contribution in [0.15, 0.2) is 60.7 Å². The Morgan fingerprint density at radius 2 is 1.56 bits per heavy atom. The molecule has 4 rings (SSSR count). The van der Waals surface area contributed by atoms with Crippen LogP contribution < -0.4 is 0 Å². The largest absolute Gasteiger partial charge is 0.439 e. The van der Waals surface area contributed by atoms with Crippen molar-refractivity contribution in [2.24, 2.45) is 0 Å². The minimum Gasteiger partial charge on any atom is -0.439 e. The van der Waals surface area contributed by atoms with Crippen LogP contribution in [0.5, 0.6) is 0 Å². The topological polar surface area (TPSA) is 66.9 Å². The molecule has 0 spiro atoms. The molecule has 2 aromatic rings. The van der Waals surface area contributed by atoms with E-state index in [2.05, 4.69) is 0 Å². The SMILES string of the molecule is O=C(C(c1ccccc1)c1ccccc1)N1CC[C@@H](N2C(=O)COC2=O)C1. The molecule has 2 aliphatic rings. The van der Waals surface area contributed by atoms with Gasteiger partial charge in [-0.25, -0.2) is 9.69 Å². The van der Waals surface area contributed by atoms with Gasteiger partial charge < -0.3 is 9.64 Å². The van der Waals surface area contributed by atoms with Crippen LogP contribution >= 0.6 is 0 Å². The Morgan fingerprint density at radius 3 is 2.07 bits per heavy atom. The highest BCUT2D eigenvalue weighted by Crippen LogP contribution is 2.29. The number of cyclic esters (lactones) is 1. The summed E-state index contributed by atoms with van der Waals surface area (Å²) in [5.41, 5.74) is 1.85. The van der Waals surface area contributed by atoms with Gasteiger partial charge in [0.2, 0.25) is 5.91 Å². The minimum absolute atomic E-state index is 0.0186. The van der Waals surface area contributed by atoms with E-state index >= 15 is 0 Å². The molecule has 27 heavy (non-hydrogen) atoms. The van der Waals surface area contributed by atoms with E-state index in [-0.39, 0.29) is 24.5 Å². The van der Waals surface area contributed by atoms with Crippen molar-refractivity contribution in [2.75, 3.05) is 19.7 Å². The molecule has 0 aromatic heterocycles. The zero-order valence-corrected chi connectivity index (χ0v) is 14.8. The summed E-state index contributed by atoms with van der Waals surface area (Å²) >= 11 is 0. The van der Waals surface area contributed by atoms with Crippen molar-refractivity contribution in [2.45, 2.75) is 18.4 Å². The van der Waals surface area contributed by atoms with Crippen molar-refractivity contribution in [1.82, 2.24) is 9.80 Å². The molecular weight excluding hydrogens is 344 g/mol. The maximum absolute atomic E-state index is 13.4. The number of benzene rings is 2. The second-order valence-corrected chi connectivity index (χ2v) is 6.80. The number of likely N-dealkylation sites (tertiary alicyclic amines) is 1. The molecule has 0 saturated carbocycles. The Labute approximate surface area is 157 Å². The molecule has 0 radical (unpaired) electrons. The molecule has 2 heterocycles. The molecule has 6 heteroatoms. The Hall–Kier alpha value is -3.15. The van der Waals surface area contributed by atoms with Gasteiger partial charge >= 0.3 is 6.09 Å². The summed E-state index contributed by atoms with van der Waals surface area (Å²) in [7, 11) is 0. The van der Waals surface area contributed by atoms with Gasteiger partial charge in [0.15, 0.2) is 6.61 Å². The first-order valence-electron chi connectivity index (χ1n) is 9.02. The fourth-order valence-electron chi connectivity index (χ4n) is 3.82. The normalized spacial score (nSPS) is 19.7. The molecule has 0 N–H and O–H groups in total. The van der Waals surface area contributed by atoms with Gasteiger partial charge in [-0.3, -0.25) is 9.59 Å². The number of hydrogen-bond acceptors (Lipinski definition) is 4. The summed E-state index contributed by atoms with van der Waals surface area (Å²) in [5, 5.41) is 0. The first-order chi connectivity index (χ1) is 13.1. The number of carbonyl (C=O) groups excluding carboxylic acids is 3. The number of ether oxygens (including phenoxy) is 1. The first kappa shape index (κ1) is 17.3. The Bertz CT molecular complexity index is 798. The number of carbonyl (C=O) groups is 3. The molecule has 2 fully saturated rings. The molecule has 0 unspecified atom stereocenters. The van der Waals surface area contributed by atoms with Gasteiger partial charge in [-0.15, -0.1) is 0 Å². The van der Waals surface area contributed by atoms with Crippen LogP contribution in [-0.2, 0) is 14.3 Å². The van der Waals surface area contributed by atoms with Crippen LogP contribution in [0.25, 0.3) is 0 Å². The summed E-state index contributed by atoms with van der Waals surface area (Å²) in [4.78, 5) is 40.0. The van der Waals surface area contributed by atoms with Crippen LogP contribution in [0.3, 0.4) is 0 Å². The van der Waals surface area contributed by atoms with E-state index in [1.807, 2.05) is 60.7 Å². The lowest BCUT2D eigenvalue weighted by Crippen LogP contribution is -2.42. The van der Waals surface area contributed by atoms with E-state index in [0.29, 0.717) is 19.5 Å². The summed E-state index contributed by atoms with van der Waals surface area (Å²) < 4.78 is 4.81. The number of nitrogens with zero attached hydrogens (tertiary/aromatic N) is 2. The smallest absolute Gasteiger partial charge is 0.417 e. The zero-order valence-electron chi connectivity index (χ0n) is 14.8. The van der Waals surface area contributed by atoms with E-state index in [1.165, 1.54) is 0 Å². The van der Waals surface area contributed by atoms with Crippen LogP contribution in [-0.4, -0.2) is 53.4 Å². The molecule has 0 aliphatic carbocycles. The second kappa shape index (κ2) is 7.23. The zero-order chi connectivity index (χ0) is 18.8. The third kappa shape index (κ3) is 3.30. The van der Waals surface area contributed by atoms with Gasteiger partial charge in [0.25, 0.3) is 5.91 Å². The Morgan fingerprint density at radius 1 is 0.963 bits per heavy atom. The van der Waals surface area contributed by atoms with Crippen LogP contribution in [0.2, 0.25) is 0 Å². The maximum atomic E-state index is 13.4. The number of amides is 3. The lowest BCUT2D eigenvalue weighted by atomic mass is 9.90. The van der Waals surface area contributed by atoms with Crippen molar-refractivity contribution in [3.05, 3.63) is 71.8 Å². The van der Waals surface area contributed by atoms with Gasteiger partial charge in [0, 0.05) is 13.1 Å². The van der Waals surface area contributed by atoms with E-state index in [9.17, 15) is 14.4 Å². The molecular formula is C21H20N2O4. The minimum atomic E-state index is -0.609. The molecule has 3 amide bonds. The van der Waals surface area contributed by atoms with Gasteiger partial charge in [0.1, 0.15) is 0 Å². The standard InChI is InChI=1S/C21H20N2O4/c24-18-14-27-21(26)23(18)17-11-12-22(13-17)20(25)19(15-7-3-1-4-8-15)16-9-5-2-6-10-16/h1-10,17,19H,11-14H2/t17-/m1/s1. The van der Waals surface area contributed by atoms with Crippen molar-refractivity contribution >= 4 is 17.9 Å². The van der Waals surface area contributed by atoms with Crippen LogP contribution in [0.1, 0.15) is 23.5 Å².